The van der Waals surface area contributed by atoms with Crippen molar-refractivity contribution < 1.29 is 19.4 Å². The Morgan fingerprint density at radius 2 is 1.80 bits per heavy atom. The summed E-state index contributed by atoms with van der Waals surface area (Å²) in [5.74, 6) is 1.66. The Balaban J connectivity index is 1.50. The van der Waals surface area contributed by atoms with Crippen LogP contribution in [-0.4, -0.2) is 53.9 Å². The van der Waals surface area contributed by atoms with E-state index in [2.05, 4.69) is 25.9 Å². The lowest BCUT2D eigenvalue weighted by Gasteiger charge is -2.13. The Morgan fingerprint density at radius 3 is 2.47 bits per heavy atom. The number of hydrogen-bond acceptors (Lipinski definition) is 8. The topological polar surface area (TPSA) is 118 Å². The summed E-state index contributed by atoms with van der Waals surface area (Å²) in [6, 6.07) is 10.6. The Morgan fingerprint density at radius 1 is 1.10 bits per heavy atom. The molecular formula is C21H23N5O4. The Hall–Kier alpha value is -3.43. The Kier molecular flexibility index (Phi) is 5.64. The number of methoxy groups -OCH3 is 2. The molecule has 0 unspecified atom stereocenters. The highest BCUT2D eigenvalue weighted by atomic mass is 16.5. The summed E-state index contributed by atoms with van der Waals surface area (Å²) >= 11 is 0. The summed E-state index contributed by atoms with van der Waals surface area (Å²) in [4.78, 5) is 20.9. The fraction of sp³-hybridized carbons (Fsp3) is 0.286. The van der Waals surface area contributed by atoms with Gasteiger partial charge in [0.1, 0.15) is 12.1 Å². The average molecular weight is 409 g/mol. The standard InChI is InChI=1S/C21H23N5O4/c1-29-18-8-15-16(9-19(18)30-2)23-11-24-20(15)25-12-3-5-13(6-4-12)26-21(28)17-7-14(27)10-22-17/h3-6,8-9,11,14,17,22,27H,7,10H2,1-2H3,(H,26,28)(H,23,24,25)/t14-,17+/m1/s1. The van der Waals surface area contributed by atoms with Crippen molar-refractivity contribution in [1.29, 1.82) is 0 Å². The molecule has 2 heterocycles. The number of fused-ring (bicyclic) bond motifs is 1. The molecule has 30 heavy (non-hydrogen) atoms. The molecule has 4 N–H and O–H groups in total. The van der Waals surface area contributed by atoms with Crippen LogP contribution in [0.25, 0.3) is 10.9 Å². The smallest absolute Gasteiger partial charge is 0.241 e. The molecular weight excluding hydrogens is 386 g/mol. The Bertz CT molecular complexity index is 1060. The molecule has 0 radical (unpaired) electrons. The highest BCUT2D eigenvalue weighted by Crippen LogP contribution is 2.34. The van der Waals surface area contributed by atoms with Crippen LogP contribution in [-0.2, 0) is 4.79 Å². The van der Waals surface area contributed by atoms with Gasteiger partial charge in [-0.05, 0) is 36.8 Å². The van der Waals surface area contributed by atoms with E-state index in [0.717, 1.165) is 16.6 Å². The predicted molar refractivity (Wildman–Crippen MR) is 113 cm³/mol. The first kappa shape index (κ1) is 19.9. The summed E-state index contributed by atoms with van der Waals surface area (Å²) in [6.45, 7) is 0.435. The zero-order valence-electron chi connectivity index (χ0n) is 16.7. The van der Waals surface area contributed by atoms with Crippen LogP contribution in [0.1, 0.15) is 6.42 Å². The quantitative estimate of drug-likeness (QED) is 0.489. The van der Waals surface area contributed by atoms with Gasteiger partial charge in [0.05, 0.1) is 31.9 Å². The first-order valence-electron chi connectivity index (χ1n) is 9.53. The molecule has 156 valence electrons. The van der Waals surface area contributed by atoms with E-state index in [0.29, 0.717) is 36.0 Å². The van der Waals surface area contributed by atoms with E-state index in [1.54, 1.807) is 32.4 Å². The van der Waals surface area contributed by atoms with Crippen LogP contribution in [0.3, 0.4) is 0 Å². The normalized spacial score (nSPS) is 18.2. The van der Waals surface area contributed by atoms with Crippen molar-refractivity contribution in [3.8, 4) is 11.5 Å². The van der Waals surface area contributed by atoms with Gasteiger partial charge >= 0.3 is 0 Å². The molecule has 0 spiro atoms. The van der Waals surface area contributed by atoms with Crippen LogP contribution < -0.4 is 25.4 Å². The predicted octanol–water partition coefficient (Wildman–Crippen LogP) is 2.05. The second-order valence-electron chi connectivity index (χ2n) is 6.99. The lowest BCUT2D eigenvalue weighted by Crippen LogP contribution is -2.35. The van der Waals surface area contributed by atoms with Crippen molar-refractivity contribution in [1.82, 2.24) is 15.3 Å². The number of aliphatic hydroxyl groups excluding tert-OH is 1. The number of amides is 1. The van der Waals surface area contributed by atoms with Gasteiger partial charge < -0.3 is 30.5 Å². The molecule has 9 heteroatoms. The molecule has 1 aromatic heterocycles. The van der Waals surface area contributed by atoms with Crippen LogP contribution in [0, 0.1) is 0 Å². The number of nitrogens with zero attached hydrogens (tertiary/aromatic N) is 2. The molecule has 3 aromatic rings. The van der Waals surface area contributed by atoms with Gasteiger partial charge in [-0.25, -0.2) is 9.97 Å². The SMILES string of the molecule is COc1cc2ncnc(Nc3ccc(NC(=O)[C@@H]4C[C@@H](O)CN4)cc3)c2cc1OC. The molecule has 0 saturated carbocycles. The van der Waals surface area contributed by atoms with Crippen molar-refractivity contribution in [2.45, 2.75) is 18.6 Å². The number of aliphatic hydroxyl groups is 1. The number of benzene rings is 2. The number of ether oxygens (including phenoxy) is 2. The number of hydrogen-bond donors (Lipinski definition) is 4. The van der Waals surface area contributed by atoms with Crippen LogP contribution in [0.4, 0.5) is 17.2 Å². The lowest BCUT2D eigenvalue weighted by molar-refractivity contribution is -0.117. The van der Waals surface area contributed by atoms with E-state index < -0.39 is 6.10 Å². The number of carbonyl (C=O) groups is 1. The van der Waals surface area contributed by atoms with E-state index in [-0.39, 0.29) is 11.9 Å². The molecule has 1 aliphatic heterocycles. The third-order valence-corrected chi connectivity index (χ3v) is 4.98. The van der Waals surface area contributed by atoms with Gasteiger partial charge in [0.2, 0.25) is 5.91 Å². The van der Waals surface area contributed by atoms with Crippen LogP contribution in [0.5, 0.6) is 11.5 Å². The number of β-amino-alcohol motifs (C(OH)–C–C–N with tert-alkyl or cyclic N) is 1. The molecule has 1 saturated heterocycles. The summed E-state index contributed by atoms with van der Waals surface area (Å²) in [6.07, 6.45) is 1.42. The number of carbonyl (C=O) groups excluding carboxylic acids is 1. The molecule has 0 bridgehead atoms. The van der Waals surface area contributed by atoms with Crippen molar-refractivity contribution in [2.24, 2.45) is 0 Å². The maximum Gasteiger partial charge on any atom is 0.241 e. The molecule has 0 aliphatic carbocycles. The van der Waals surface area contributed by atoms with Crippen LogP contribution in [0.15, 0.2) is 42.7 Å². The van der Waals surface area contributed by atoms with Crippen molar-refractivity contribution in [2.75, 3.05) is 31.4 Å². The highest BCUT2D eigenvalue weighted by molar-refractivity contribution is 5.96. The average Bonchev–Trinajstić information content (AvgIpc) is 3.21. The minimum absolute atomic E-state index is 0.157. The van der Waals surface area contributed by atoms with Gasteiger partial charge in [0, 0.05) is 29.4 Å². The number of nitrogens with one attached hydrogen (secondary N) is 3. The van der Waals surface area contributed by atoms with Gasteiger partial charge in [0.15, 0.2) is 11.5 Å². The largest absolute Gasteiger partial charge is 0.493 e. The molecule has 1 fully saturated rings. The Labute approximate surface area is 173 Å². The molecule has 1 aliphatic rings. The van der Waals surface area contributed by atoms with Crippen LogP contribution in [0.2, 0.25) is 0 Å². The van der Waals surface area contributed by atoms with Crippen molar-refractivity contribution in [3.05, 3.63) is 42.7 Å². The number of rotatable bonds is 6. The second kappa shape index (κ2) is 8.52. The highest BCUT2D eigenvalue weighted by Gasteiger charge is 2.27. The van der Waals surface area contributed by atoms with Gasteiger partial charge in [-0.2, -0.15) is 0 Å². The number of aromatic nitrogens is 2. The minimum atomic E-state index is -0.478. The minimum Gasteiger partial charge on any atom is -0.493 e. The third kappa shape index (κ3) is 4.12. The van der Waals surface area contributed by atoms with Crippen molar-refractivity contribution in [3.63, 3.8) is 0 Å². The summed E-state index contributed by atoms with van der Waals surface area (Å²) in [5, 5.41) is 19.5. The fourth-order valence-corrected chi connectivity index (χ4v) is 3.40. The zero-order chi connectivity index (χ0) is 21.1. The third-order valence-electron chi connectivity index (χ3n) is 4.98. The molecule has 9 nitrogen and oxygen atoms in total. The number of anilines is 3. The van der Waals surface area contributed by atoms with E-state index >= 15 is 0 Å². The maximum atomic E-state index is 12.3. The van der Waals surface area contributed by atoms with E-state index in [9.17, 15) is 9.90 Å². The maximum absolute atomic E-state index is 12.3. The van der Waals surface area contributed by atoms with Gasteiger partial charge in [-0.3, -0.25) is 4.79 Å². The van der Waals surface area contributed by atoms with E-state index in [4.69, 9.17) is 9.47 Å². The van der Waals surface area contributed by atoms with E-state index in [1.807, 2.05) is 18.2 Å². The first-order valence-corrected chi connectivity index (χ1v) is 9.53. The summed E-state index contributed by atoms with van der Waals surface area (Å²) in [5.41, 5.74) is 2.20. The summed E-state index contributed by atoms with van der Waals surface area (Å²) in [7, 11) is 3.16. The molecule has 2 aromatic carbocycles. The van der Waals surface area contributed by atoms with Crippen LogP contribution >= 0.6 is 0 Å². The second-order valence-corrected chi connectivity index (χ2v) is 6.99. The van der Waals surface area contributed by atoms with Gasteiger partial charge in [0.25, 0.3) is 0 Å². The molecule has 4 rings (SSSR count). The summed E-state index contributed by atoms with van der Waals surface area (Å²) < 4.78 is 10.7. The van der Waals surface area contributed by atoms with E-state index in [1.165, 1.54) is 6.33 Å². The van der Waals surface area contributed by atoms with Gasteiger partial charge in [-0.1, -0.05) is 0 Å². The zero-order valence-corrected chi connectivity index (χ0v) is 16.7. The van der Waals surface area contributed by atoms with Crippen molar-refractivity contribution >= 4 is 34.0 Å². The van der Waals surface area contributed by atoms with Gasteiger partial charge in [-0.15, -0.1) is 0 Å². The lowest BCUT2D eigenvalue weighted by atomic mass is 10.2. The first-order chi connectivity index (χ1) is 14.6. The molecule has 2 atom stereocenters. The fourth-order valence-electron chi connectivity index (χ4n) is 3.40. The monoisotopic (exact) mass is 409 g/mol. The molecule has 1 amide bonds.